The molecule has 168 valence electrons. The van der Waals surface area contributed by atoms with Gasteiger partial charge in [-0.2, -0.15) is 0 Å². The van der Waals surface area contributed by atoms with Crippen LogP contribution in [0.2, 0.25) is 0 Å². The lowest BCUT2D eigenvalue weighted by atomic mass is 9.98. The highest BCUT2D eigenvalue weighted by atomic mass is 79.9. The first-order chi connectivity index (χ1) is 16.0. The SMILES string of the molecule is COc1ccccc1CCN1COc2cc(C)c3c(c2C1)O/C(=C\c1cccc(Br)c1)C3=O. The first-order valence-electron chi connectivity index (χ1n) is 10.9. The third-order valence-corrected chi connectivity index (χ3v) is 6.52. The smallest absolute Gasteiger partial charge is 0.232 e. The second-order valence-corrected chi connectivity index (χ2v) is 9.17. The fourth-order valence-electron chi connectivity index (χ4n) is 4.36. The molecule has 3 aromatic carbocycles. The van der Waals surface area contributed by atoms with Crippen molar-refractivity contribution in [3.8, 4) is 17.2 Å². The van der Waals surface area contributed by atoms with E-state index >= 15 is 0 Å². The Kier molecular flexibility index (Phi) is 5.96. The van der Waals surface area contributed by atoms with Gasteiger partial charge in [0.25, 0.3) is 0 Å². The number of para-hydroxylation sites is 1. The largest absolute Gasteiger partial charge is 0.496 e. The maximum absolute atomic E-state index is 13.2. The zero-order valence-corrected chi connectivity index (χ0v) is 20.1. The molecule has 3 aromatic rings. The number of carbonyl (C=O) groups is 1. The Morgan fingerprint density at radius 2 is 2.00 bits per heavy atom. The average Bonchev–Trinajstić information content (AvgIpc) is 3.15. The molecule has 2 aliphatic rings. The predicted octanol–water partition coefficient (Wildman–Crippen LogP) is 5.78. The number of halogens is 1. The van der Waals surface area contributed by atoms with E-state index in [1.165, 1.54) is 0 Å². The number of hydrogen-bond acceptors (Lipinski definition) is 5. The van der Waals surface area contributed by atoms with Crippen molar-refractivity contribution in [1.82, 2.24) is 4.90 Å². The van der Waals surface area contributed by atoms with Crippen molar-refractivity contribution in [2.45, 2.75) is 19.9 Å². The molecule has 0 saturated carbocycles. The maximum Gasteiger partial charge on any atom is 0.232 e. The van der Waals surface area contributed by atoms with Crippen LogP contribution in [0.1, 0.15) is 32.6 Å². The lowest BCUT2D eigenvalue weighted by Crippen LogP contribution is -2.34. The molecule has 5 rings (SSSR count). The molecular weight excluding hydrogens is 482 g/mol. The highest BCUT2D eigenvalue weighted by Gasteiger charge is 2.35. The molecule has 0 radical (unpaired) electrons. The summed E-state index contributed by atoms with van der Waals surface area (Å²) in [4.78, 5) is 15.4. The quantitative estimate of drug-likeness (QED) is 0.411. The third-order valence-electron chi connectivity index (χ3n) is 6.02. The number of carbonyl (C=O) groups excluding carboxylic acids is 1. The van der Waals surface area contributed by atoms with Crippen molar-refractivity contribution >= 4 is 27.8 Å². The minimum atomic E-state index is -0.0866. The van der Waals surface area contributed by atoms with Crippen LogP contribution in [-0.4, -0.2) is 31.1 Å². The molecule has 0 amide bonds. The predicted molar refractivity (Wildman–Crippen MR) is 131 cm³/mol. The van der Waals surface area contributed by atoms with E-state index in [4.69, 9.17) is 14.2 Å². The molecule has 33 heavy (non-hydrogen) atoms. The molecule has 0 N–H and O–H groups in total. The topological polar surface area (TPSA) is 48.0 Å². The summed E-state index contributed by atoms with van der Waals surface area (Å²) in [5.41, 5.74) is 4.49. The molecule has 0 aliphatic carbocycles. The summed E-state index contributed by atoms with van der Waals surface area (Å²) in [5, 5.41) is 0. The Balaban J connectivity index is 1.40. The standard InChI is InChI=1S/C27H24BrNO4/c1-17-12-23-21(15-29(16-32-23)11-10-19-7-3-4-9-22(19)31-2)27-25(17)26(30)24(33-27)14-18-6-5-8-20(28)13-18/h3-9,12-14H,10-11,15-16H2,1-2H3/b24-14-. The molecule has 6 heteroatoms. The first-order valence-corrected chi connectivity index (χ1v) is 11.7. The van der Waals surface area contributed by atoms with E-state index in [0.29, 0.717) is 30.3 Å². The van der Waals surface area contributed by atoms with Gasteiger partial charge in [0, 0.05) is 17.6 Å². The van der Waals surface area contributed by atoms with Gasteiger partial charge in [-0.05, 0) is 60.4 Å². The molecule has 2 heterocycles. The van der Waals surface area contributed by atoms with Crippen molar-refractivity contribution < 1.29 is 19.0 Å². The van der Waals surface area contributed by atoms with Crippen LogP contribution in [0.4, 0.5) is 0 Å². The van der Waals surface area contributed by atoms with Crippen LogP contribution in [0.15, 0.2) is 64.8 Å². The number of ether oxygens (including phenoxy) is 3. The number of fused-ring (bicyclic) bond motifs is 3. The molecule has 0 unspecified atom stereocenters. The van der Waals surface area contributed by atoms with E-state index < -0.39 is 0 Å². The van der Waals surface area contributed by atoms with Crippen LogP contribution in [-0.2, 0) is 13.0 Å². The van der Waals surface area contributed by atoms with Crippen LogP contribution < -0.4 is 14.2 Å². The van der Waals surface area contributed by atoms with Gasteiger partial charge >= 0.3 is 0 Å². The van der Waals surface area contributed by atoms with Gasteiger partial charge in [0.15, 0.2) is 5.76 Å². The van der Waals surface area contributed by atoms with Crippen LogP contribution in [0.5, 0.6) is 17.2 Å². The van der Waals surface area contributed by atoms with E-state index in [1.54, 1.807) is 13.2 Å². The normalized spacial score (nSPS) is 16.2. The Labute approximate surface area is 201 Å². The molecule has 5 nitrogen and oxygen atoms in total. The number of allylic oxidation sites excluding steroid dienone is 1. The Hall–Kier alpha value is -3.09. The Morgan fingerprint density at radius 3 is 2.82 bits per heavy atom. The maximum atomic E-state index is 13.2. The summed E-state index contributed by atoms with van der Waals surface area (Å²) in [6.07, 6.45) is 2.63. The van der Waals surface area contributed by atoms with E-state index in [9.17, 15) is 4.79 Å². The van der Waals surface area contributed by atoms with Crippen LogP contribution >= 0.6 is 15.9 Å². The van der Waals surface area contributed by atoms with E-state index in [2.05, 4.69) is 26.9 Å². The minimum absolute atomic E-state index is 0.0866. The number of methoxy groups -OCH3 is 1. The fourth-order valence-corrected chi connectivity index (χ4v) is 4.77. The number of benzene rings is 3. The average molecular weight is 506 g/mol. The van der Waals surface area contributed by atoms with Crippen molar-refractivity contribution in [2.75, 3.05) is 20.4 Å². The fraction of sp³-hybridized carbons (Fsp3) is 0.222. The van der Waals surface area contributed by atoms with Crippen molar-refractivity contribution in [2.24, 2.45) is 0 Å². The summed E-state index contributed by atoms with van der Waals surface area (Å²) in [6.45, 7) is 3.89. The van der Waals surface area contributed by atoms with Crippen LogP contribution in [0, 0.1) is 6.92 Å². The van der Waals surface area contributed by atoms with E-state index in [1.807, 2.05) is 55.5 Å². The number of aryl methyl sites for hydroxylation is 1. The molecule has 0 bridgehead atoms. The summed E-state index contributed by atoms with van der Waals surface area (Å²) in [7, 11) is 1.69. The molecule has 2 aliphatic heterocycles. The molecule has 0 saturated heterocycles. The molecule has 0 fully saturated rings. The van der Waals surface area contributed by atoms with Gasteiger partial charge in [0.2, 0.25) is 5.78 Å². The highest BCUT2D eigenvalue weighted by Crippen LogP contribution is 2.44. The number of Topliss-reactive ketones (excluding diaryl/α,β-unsaturated/α-hetero) is 1. The van der Waals surface area contributed by atoms with E-state index in [0.717, 1.165) is 51.2 Å². The van der Waals surface area contributed by atoms with Crippen LogP contribution in [0.3, 0.4) is 0 Å². The molecular formula is C27H24BrNO4. The van der Waals surface area contributed by atoms with E-state index in [-0.39, 0.29) is 5.78 Å². The van der Waals surface area contributed by atoms with Gasteiger partial charge in [-0.25, -0.2) is 0 Å². The summed E-state index contributed by atoms with van der Waals surface area (Å²) in [6, 6.07) is 17.8. The number of hydrogen-bond donors (Lipinski definition) is 0. The van der Waals surface area contributed by atoms with Gasteiger partial charge in [-0.15, -0.1) is 0 Å². The van der Waals surface area contributed by atoms with Crippen molar-refractivity contribution in [3.63, 3.8) is 0 Å². The molecule has 0 atom stereocenters. The van der Waals surface area contributed by atoms with Gasteiger partial charge in [-0.3, -0.25) is 9.69 Å². The van der Waals surface area contributed by atoms with Crippen molar-refractivity contribution in [3.05, 3.63) is 92.6 Å². The van der Waals surface area contributed by atoms with Gasteiger partial charge in [0.1, 0.15) is 24.0 Å². The lowest BCUT2D eigenvalue weighted by molar-refractivity contribution is 0.0947. The summed E-state index contributed by atoms with van der Waals surface area (Å²) >= 11 is 3.48. The second kappa shape index (κ2) is 9.04. The minimum Gasteiger partial charge on any atom is -0.496 e. The number of rotatable bonds is 5. The van der Waals surface area contributed by atoms with Crippen molar-refractivity contribution in [1.29, 1.82) is 0 Å². The zero-order chi connectivity index (χ0) is 22.9. The Bertz CT molecular complexity index is 1270. The molecule has 0 aromatic heterocycles. The zero-order valence-electron chi connectivity index (χ0n) is 18.6. The molecule has 0 spiro atoms. The number of ketones is 1. The summed E-state index contributed by atoms with van der Waals surface area (Å²) in [5.74, 6) is 2.56. The second-order valence-electron chi connectivity index (χ2n) is 8.26. The Morgan fingerprint density at radius 1 is 1.15 bits per heavy atom. The van der Waals surface area contributed by atoms with Gasteiger partial charge in [-0.1, -0.05) is 46.3 Å². The third kappa shape index (κ3) is 4.28. The highest BCUT2D eigenvalue weighted by molar-refractivity contribution is 9.10. The monoisotopic (exact) mass is 505 g/mol. The number of nitrogens with zero attached hydrogens (tertiary/aromatic N) is 1. The lowest BCUT2D eigenvalue weighted by Gasteiger charge is -2.30. The van der Waals surface area contributed by atoms with Crippen LogP contribution in [0.25, 0.3) is 6.08 Å². The van der Waals surface area contributed by atoms with Gasteiger partial charge in [0.05, 0.1) is 18.2 Å². The summed E-state index contributed by atoms with van der Waals surface area (Å²) < 4.78 is 18.7. The van der Waals surface area contributed by atoms with Gasteiger partial charge < -0.3 is 14.2 Å². The first kappa shape index (κ1) is 21.7.